The third-order valence-electron chi connectivity index (χ3n) is 3.85. The summed E-state index contributed by atoms with van der Waals surface area (Å²) < 4.78 is 15.6. The predicted octanol–water partition coefficient (Wildman–Crippen LogP) is -0.627. The fraction of sp³-hybridized carbons (Fsp3) is 0.615. The van der Waals surface area contributed by atoms with Gasteiger partial charge in [0.1, 0.15) is 6.61 Å². The molecular weight excluding hydrogens is 278 g/mol. The van der Waals surface area contributed by atoms with Crippen LogP contribution in [0.5, 0.6) is 0 Å². The van der Waals surface area contributed by atoms with Gasteiger partial charge in [0.15, 0.2) is 6.39 Å². The number of hydrogen-bond acceptors (Lipinski definition) is 6. The molecular formula is C13H17N3O5. The molecule has 0 radical (unpaired) electrons. The molecule has 2 amide bonds. The number of carbonyl (C=O) groups excluding carboxylic acids is 2. The van der Waals surface area contributed by atoms with Crippen molar-refractivity contribution in [2.75, 3.05) is 40.0 Å². The summed E-state index contributed by atoms with van der Waals surface area (Å²) >= 11 is 0. The summed E-state index contributed by atoms with van der Waals surface area (Å²) in [5.41, 5.74) is 0. The van der Waals surface area contributed by atoms with Gasteiger partial charge in [-0.2, -0.15) is 0 Å². The number of oxazole rings is 1. The summed E-state index contributed by atoms with van der Waals surface area (Å²) in [6.45, 7) is 1.89. The second-order valence-corrected chi connectivity index (χ2v) is 5.07. The van der Waals surface area contributed by atoms with Crippen molar-refractivity contribution in [3.63, 3.8) is 0 Å². The molecule has 0 unspecified atom stereocenters. The van der Waals surface area contributed by atoms with Gasteiger partial charge in [0.05, 0.1) is 24.9 Å². The number of ether oxygens (including phenoxy) is 2. The molecule has 114 valence electrons. The van der Waals surface area contributed by atoms with Crippen LogP contribution in [-0.2, 0) is 14.3 Å². The number of methoxy groups -OCH3 is 1. The van der Waals surface area contributed by atoms with Gasteiger partial charge in [-0.3, -0.25) is 9.59 Å². The Morgan fingerprint density at radius 2 is 2.38 bits per heavy atom. The van der Waals surface area contributed by atoms with E-state index in [1.807, 2.05) is 0 Å². The van der Waals surface area contributed by atoms with Crippen LogP contribution in [0.2, 0.25) is 0 Å². The number of amides is 2. The number of aromatic nitrogens is 1. The largest absolute Gasteiger partial charge is 0.438 e. The van der Waals surface area contributed by atoms with Gasteiger partial charge >= 0.3 is 0 Å². The molecule has 0 N–H and O–H groups in total. The van der Waals surface area contributed by atoms with Gasteiger partial charge in [-0.05, 0) is 0 Å². The second-order valence-electron chi connectivity index (χ2n) is 5.07. The molecule has 0 saturated carbocycles. The zero-order valence-corrected chi connectivity index (χ0v) is 11.7. The minimum Gasteiger partial charge on any atom is -0.438 e. The van der Waals surface area contributed by atoms with Crippen LogP contribution in [0.3, 0.4) is 0 Å². The van der Waals surface area contributed by atoms with Crippen LogP contribution >= 0.6 is 0 Å². The van der Waals surface area contributed by atoms with E-state index in [0.29, 0.717) is 26.2 Å². The topological polar surface area (TPSA) is 85.1 Å². The molecule has 21 heavy (non-hydrogen) atoms. The Balaban J connectivity index is 1.71. The molecule has 2 saturated heterocycles. The number of carbonyl (C=O) groups is 2. The molecule has 2 atom stereocenters. The van der Waals surface area contributed by atoms with Crippen LogP contribution in [0.4, 0.5) is 0 Å². The molecule has 8 heteroatoms. The number of hydrogen-bond donors (Lipinski definition) is 0. The molecule has 3 heterocycles. The van der Waals surface area contributed by atoms with E-state index in [1.165, 1.54) is 12.6 Å². The summed E-state index contributed by atoms with van der Waals surface area (Å²) in [4.78, 5) is 31.3. The first kappa shape index (κ1) is 14.0. The Bertz CT molecular complexity index is 518. The summed E-state index contributed by atoms with van der Waals surface area (Å²) in [7, 11) is 1.59. The van der Waals surface area contributed by atoms with Crippen molar-refractivity contribution in [2.45, 2.75) is 12.1 Å². The number of fused-ring (bicyclic) bond motifs is 1. The lowest BCUT2D eigenvalue weighted by Crippen LogP contribution is -2.54. The van der Waals surface area contributed by atoms with E-state index in [9.17, 15) is 9.59 Å². The fourth-order valence-electron chi connectivity index (χ4n) is 2.79. The summed E-state index contributed by atoms with van der Waals surface area (Å²) in [6, 6.07) is -0.131. The van der Waals surface area contributed by atoms with E-state index in [0.717, 1.165) is 0 Å². The third-order valence-corrected chi connectivity index (χ3v) is 3.85. The highest BCUT2D eigenvalue weighted by atomic mass is 16.5. The Hall–Kier alpha value is -1.93. The van der Waals surface area contributed by atoms with Crippen LogP contribution in [0.15, 0.2) is 17.0 Å². The van der Waals surface area contributed by atoms with Crippen LogP contribution in [0.1, 0.15) is 10.6 Å². The van der Waals surface area contributed by atoms with Gasteiger partial charge in [0.25, 0.3) is 5.91 Å². The van der Waals surface area contributed by atoms with Crippen molar-refractivity contribution in [3.8, 4) is 0 Å². The lowest BCUT2D eigenvalue weighted by atomic mass is 10.1. The zero-order chi connectivity index (χ0) is 14.8. The molecule has 1 aromatic rings. The Kier molecular flexibility index (Phi) is 3.89. The lowest BCUT2D eigenvalue weighted by Gasteiger charge is -2.36. The van der Waals surface area contributed by atoms with Crippen molar-refractivity contribution in [3.05, 3.63) is 18.4 Å². The number of morpholine rings is 1. The standard InChI is InChI=1S/C13H17N3O5/c1-19-3-2-16-9-5-15(6-11(9)20-7-12(16)17)13(18)10-4-14-8-21-10/h4,8-9,11H,2-3,5-7H2,1H3/t9-,11-/m0/s1. The summed E-state index contributed by atoms with van der Waals surface area (Å²) in [5.74, 6) is -0.102. The highest BCUT2D eigenvalue weighted by Gasteiger charge is 2.44. The second kappa shape index (κ2) is 5.82. The van der Waals surface area contributed by atoms with Gasteiger partial charge in [-0.25, -0.2) is 4.98 Å². The summed E-state index contributed by atoms with van der Waals surface area (Å²) in [5, 5.41) is 0. The van der Waals surface area contributed by atoms with E-state index < -0.39 is 0 Å². The van der Waals surface area contributed by atoms with Gasteiger partial charge in [0.2, 0.25) is 11.7 Å². The van der Waals surface area contributed by atoms with E-state index >= 15 is 0 Å². The van der Waals surface area contributed by atoms with Crippen molar-refractivity contribution in [2.24, 2.45) is 0 Å². The average Bonchev–Trinajstić information content (AvgIpc) is 3.14. The maximum Gasteiger partial charge on any atom is 0.291 e. The van der Waals surface area contributed by atoms with Gasteiger partial charge < -0.3 is 23.7 Å². The molecule has 2 fully saturated rings. The van der Waals surface area contributed by atoms with Crippen molar-refractivity contribution < 1.29 is 23.5 Å². The van der Waals surface area contributed by atoms with E-state index in [-0.39, 0.29) is 36.3 Å². The first-order valence-electron chi connectivity index (χ1n) is 6.78. The van der Waals surface area contributed by atoms with E-state index in [4.69, 9.17) is 13.9 Å². The zero-order valence-electron chi connectivity index (χ0n) is 11.7. The molecule has 3 rings (SSSR count). The first-order valence-corrected chi connectivity index (χ1v) is 6.78. The van der Waals surface area contributed by atoms with Crippen molar-refractivity contribution in [1.82, 2.24) is 14.8 Å². The third kappa shape index (κ3) is 2.64. The minimum atomic E-state index is -0.232. The van der Waals surface area contributed by atoms with Gasteiger partial charge in [-0.15, -0.1) is 0 Å². The quantitative estimate of drug-likeness (QED) is 0.735. The molecule has 2 aliphatic heterocycles. The smallest absolute Gasteiger partial charge is 0.291 e. The van der Waals surface area contributed by atoms with Gasteiger partial charge in [-0.1, -0.05) is 0 Å². The van der Waals surface area contributed by atoms with E-state index in [1.54, 1.807) is 16.9 Å². The molecule has 0 aliphatic carbocycles. The van der Waals surface area contributed by atoms with Crippen molar-refractivity contribution in [1.29, 1.82) is 0 Å². The Labute approximate surface area is 121 Å². The molecule has 0 aromatic carbocycles. The average molecular weight is 295 g/mol. The Morgan fingerprint density at radius 1 is 1.52 bits per heavy atom. The van der Waals surface area contributed by atoms with Crippen LogP contribution in [0, 0.1) is 0 Å². The highest BCUT2D eigenvalue weighted by Crippen LogP contribution is 2.24. The Morgan fingerprint density at radius 3 is 3.10 bits per heavy atom. The maximum atomic E-state index is 12.3. The molecule has 0 bridgehead atoms. The molecule has 1 aromatic heterocycles. The fourth-order valence-corrected chi connectivity index (χ4v) is 2.79. The summed E-state index contributed by atoms with van der Waals surface area (Å²) in [6.07, 6.45) is 2.45. The normalized spacial score (nSPS) is 25.3. The van der Waals surface area contributed by atoms with Crippen LogP contribution < -0.4 is 0 Å². The predicted molar refractivity (Wildman–Crippen MR) is 69.5 cm³/mol. The molecule has 2 aliphatic rings. The van der Waals surface area contributed by atoms with E-state index in [2.05, 4.69) is 4.98 Å². The molecule has 8 nitrogen and oxygen atoms in total. The lowest BCUT2D eigenvalue weighted by molar-refractivity contribution is -0.153. The first-order chi connectivity index (χ1) is 10.2. The number of rotatable bonds is 4. The maximum absolute atomic E-state index is 12.3. The molecule has 0 spiro atoms. The number of likely N-dealkylation sites (tertiary alicyclic amines) is 1. The monoisotopic (exact) mass is 295 g/mol. The van der Waals surface area contributed by atoms with Crippen LogP contribution in [0.25, 0.3) is 0 Å². The van der Waals surface area contributed by atoms with Crippen molar-refractivity contribution >= 4 is 11.8 Å². The number of nitrogens with zero attached hydrogens (tertiary/aromatic N) is 3. The highest BCUT2D eigenvalue weighted by molar-refractivity contribution is 5.91. The minimum absolute atomic E-state index is 0.0508. The van der Waals surface area contributed by atoms with Crippen LogP contribution in [-0.4, -0.2) is 78.7 Å². The SMILES string of the molecule is COCCN1C(=O)CO[C@H]2CN(C(=O)c3cnco3)C[C@@H]21. The van der Waals surface area contributed by atoms with Gasteiger partial charge in [0, 0.05) is 26.7 Å².